The van der Waals surface area contributed by atoms with E-state index in [-0.39, 0.29) is 11.3 Å². The second-order valence-corrected chi connectivity index (χ2v) is 4.94. The minimum Gasteiger partial charge on any atom is -0.366 e. The van der Waals surface area contributed by atoms with Crippen molar-refractivity contribution in [3.63, 3.8) is 0 Å². The van der Waals surface area contributed by atoms with Gasteiger partial charge in [-0.05, 0) is 32.0 Å². The lowest BCUT2D eigenvalue weighted by atomic mass is 9.88. The van der Waals surface area contributed by atoms with Crippen molar-refractivity contribution in [1.82, 2.24) is 5.32 Å². The third-order valence-electron chi connectivity index (χ3n) is 3.12. The largest absolute Gasteiger partial charge is 0.366 e. The maximum atomic E-state index is 12.3. The molecule has 0 bridgehead atoms. The van der Waals surface area contributed by atoms with Crippen LogP contribution in [0, 0.1) is 5.41 Å². The Balaban J connectivity index is 2.48. The molecule has 0 radical (unpaired) electrons. The average molecular weight is 275 g/mol. The van der Waals surface area contributed by atoms with Gasteiger partial charge < -0.3 is 5.73 Å². The van der Waals surface area contributed by atoms with E-state index in [1.165, 1.54) is 38.1 Å². The van der Waals surface area contributed by atoms with Crippen LogP contribution in [0.3, 0.4) is 0 Å². The minimum absolute atomic E-state index is 0.165. The van der Waals surface area contributed by atoms with Crippen molar-refractivity contribution in [2.75, 3.05) is 4.90 Å². The monoisotopic (exact) mass is 275 g/mol. The number of amides is 5. The van der Waals surface area contributed by atoms with Crippen molar-refractivity contribution in [3.8, 4) is 0 Å². The summed E-state index contributed by atoms with van der Waals surface area (Å²) in [6.45, 7) is 2.84. The van der Waals surface area contributed by atoms with Crippen LogP contribution in [0.1, 0.15) is 24.2 Å². The normalized spacial score (nSPS) is 17.9. The topological polar surface area (TPSA) is 110 Å². The highest BCUT2D eigenvalue weighted by Crippen LogP contribution is 2.28. The summed E-state index contributed by atoms with van der Waals surface area (Å²) in [5.41, 5.74) is 4.14. The number of nitrogens with zero attached hydrogens (tertiary/aromatic N) is 1. The first-order chi connectivity index (χ1) is 9.25. The molecular formula is C13H13N3O4. The molecule has 0 aliphatic carbocycles. The molecule has 2 rings (SSSR count). The van der Waals surface area contributed by atoms with Crippen LogP contribution in [0.5, 0.6) is 0 Å². The minimum atomic E-state index is -1.36. The van der Waals surface area contributed by atoms with Crippen LogP contribution in [0.15, 0.2) is 24.3 Å². The van der Waals surface area contributed by atoms with Crippen molar-refractivity contribution < 1.29 is 19.2 Å². The lowest BCUT2D eigenvalue weighted by Crippen LogP contribution is -2.62. The average Bonchev–Trinajstić information content (AvgIpc) is 2.37. The number of urea groups is 1. The number of rotatable bonds is 2. The van der Waals surface area contributed by atoms with Crippen molar-refractivity contribution in [1.29, 1.82) is 0 Å². The summed E-state index contributed by atoms with van der Waals surface area (Å²) < 4.78 is 0. The number of benzene rings is 1. The Kier molecular flexibility index (Phi) is 3.05. The zero-order chi connectivity index (χ0) is 15.1. The molecule has 1 aromatic carbocycles. The van der Waals surface area contributed by atoms with E-state index in [4.69, 9.17) is 5.73 Å². The molecular weight excluding hydrogens is 262 g/mol. The fourth-order valence-corrected chi connectivity index (χ4v) is 1.81. The highest BCUT2D eigenvalue weighted by Gasteiger charge is 2.47. The Morgan fingerprint density at radius 3 is 2.50 bits per heavy atom. The van der Waals surface area contributed by atoms with Crippen molar-refractivity contribution >= 4 is 29.4 Å². The maximum Gasteiger partial charge on any atom is 0.335 e. The van der Waals surface area contributed by atoms with Crippen LogP contribution in [-0.2, 0) is 9.59 Å². The van der Waals surface area contributed by atoms with Gasteiger partial charge in [-0.25, -0.2) is 9.69 Å². The van der Waals surface area contributed by atoms with Crippen LogP contribution >= 0.6 is 0 Å². The quantitative estimate of drug-likeness (QED) is 0.761. The fourth-order valence-electron chi connectivity index (χ4n) is 1.81. The molecule has 0 atom stereocenters. The Labute approximate surface area is 114 Å². The first kappa shape index (κ1) is 13.7. The van der Waals surface area contributed by atoms with E-state index in [2.05, 4.69) is 5.32 Å². The second kappa shape index (κ2) is 4.44. The van der Waals surface area contributed by atoms with E-state index < -0.39 is 29.2 Å². The molecule has 1 aromatic rings. The van der Waals surface area contributed by atoms with Gasteiger partial charge in [0, 0.05) is 5.56 Å². The Hall–Kier alpha value is -2.70. The molecule has 1 fully saturated rings. The van der Waals surface area contributed by atoms with Crippen LogP contribution < -0.4 is 16.0 Å². The highest BCUT2D eigenvalue weighted by atomic mass is 16.2. The zero-order valence-electron chi connectivity index (χ0n) is 11.0. The van der Waals surface area contributed by atoms with Gasteiger partial charge in [0.1, 0.15) is 5.41 Å². The number of nitrogens with two attached hydrogens (primary N) is 1. The molecule has 104 valence electrons. The van der Waals surface area contributed by atoms with Gasteiger partial charge in [0.05, 0.1) is 5.69 Å². The number of nitrogens with one attached hydrogen (secondary N) is 1. The summed E-state index contributed by atoms with van der Waals surface area (Å²) in [5.74, 6) is -1.99. The number of barbiturate groups is 1. The van der Waals surface area contributed by atoms with Gasteiger partial charge in [-0.2, -0.15) is 0 Å². The standard InChI is InChI=1S/C13H13N3O4/c1-13(2)10(18)15-12(20)16(11(13)19)8-5-3-4-7(6-8)9(14)17/h3-6H,1-2H3,(H2,14,17)(H,15,18,20). The van der Waals surface area contributed by atoms with Crippen LogP contribution in [0.25, 0.3) is 0 Å². The zero-order valence-corrected chi connectivity index (χ0v) is 11.0. The van der Waals surface area contributed by atoms with Gasteiger partial charge in [-0.3, -0.25) is 19.7 Å². The molecule has 1 saturated heterocycles. The van der Waals surface area contributed by atoms with Crippen molar-refractivity contribution in [2.45, 2.75) is 13.8 Å². The molecule has 1 aliphatic rings. The summed E-state index contributed by atoms with van der Waals surface area (Å²) in [6.07, 6.45) is 0. The second-order valence-electron chi connectivity index (χ2n) is 4.94. The smallest absolute Gasteiger partial charge is 0.335 e. The first-order valence-corrected chi connectivity index (χ1v) is 5.85. The molecule has 20 heavy (non-hydrogen) atoms. The van der Waals surface area contributed by atoms with Gasteiger partial charge in [-0.1, -0.05) is 6.07 Å². The van der Waals surface area contributed by atoms with Crippen molar-refractivity contribution in [3.05, 3.63) is 29.8 Å². The van der Waals surface area contributed by atoms with Gasteiger partial charge >= 0.3 is 6.03 Å². The molecule has 7 heteroatoms. The summed E-state index contributed by atoms with van der Waals surface area (Å²) in [6, 6.07) is 4.93. The van der Waals surface area contributed by atoms with E-state index in [1.807, 2.05) is 0 Å². The lowest BCUT2D eigenvalue weighted by Gasteiger charge is -2.34. The summed E-state index contributed by atoms with van der Waals surface area (Å²) in [4.78, 5) is 47.7. The van der Waals surface area contributed by atoms with Crippen molar-refractivity contribution in [2.24, 2.45) is 11.1 Å². The van der Waals surface area contributed by atoms with E-state index in [9.17, 15) is 19.2 Å². The van der Waals surface area contributed by atoms with E-state index in [1.54, 1.807) is 0 Å². The number of imide groups is 2. The number of carbonyl (C=O) groups is 4. The fraction of sp³-hybridized carbons (Fsp3) is 0.231. The summed E-state index contributed by atoms with van der Waals surface area (Å²) in [5, 5.41) is 2.11. The molecule has 3 N–H and O–H groups in total. The third-order valence-corrected chi connectivity index (χ3v) is 3.12. The Morgan fingerprint density at radius 1 is 1.25 bits per heavy atom. The van der Waals surface area contributed by atoms with E-state index in [0.717, 1.165) is 4.90 Å². The molecule has 0 aromatic heterocycles. The summed E-state index contributed by atoms with van der Waals surface area (Å²) in [7, 11) is 0. The third kappa shape index (κ3) is 2.03. The van der Waals surface area contributed by atoms with Gasteiger partial charge in [0.2, 0.25) is 17.7 Å². The van der Waals surface area contributed by atoms with Gasteiger partial charge in [0.15, 0.2) is 0 Å². The number of hydrogen-bond acceptors (Lipinski definition) is 4. The van der Waals surface area contributed by atoms with E-state index in [0.29, 0.717) is 0 Å². The molecule has 0 saturated carbocycles. The van der Waals surface area contributed by atoms with Crippen LogP contribution in [0.4, 0.5) is 10.5 Å². The summed E-state index contributed by atoms with van der Waals surface area (Å²) >= 11 is 0. The highest BCUT2D eigenvalue weighted by molar-refractivity contribution is 6.29. The Bertz CT molecular complexity index is 636. The maximum absolute atomic E-state index is 12.3. The molecule has 0 spiro atoms. The van der Waals surface area contributed by atoms with Gasteiger partial charge in [-0.15, -0.1) is 0 Å². The molecule has 1 heterocycles. The number of hydrogen-bond donors (Lipinski definition) is 2. The van der Waals surface area contributed by atoms with Crippen LogP contribution in [0.2, 0.25) is 0 Å². The Morgan fingerprint density at radius 2 is 1.90 bits per heavy atom. The molecule has 7 nitrogen and oxygen atoms in total. The molecule has 1 aliphatic heterocycles. The van der Waals surface area contributed by atoms with Crippen LogP contribution in [-0.4, -0.2) is 23.8 Å². The predicted octanol–water partition coefficient (Wildman–Crippen LogP) is 0.394. The first-order valence-electron chi connectivity index (χ1n) is 5.85. The molecule has 0 unspecified atom stereocenters. The van der Waals surface area contributed by atoms with E-state index >= 15 is 0 Å². The number of anilines is 1. The lowest BCUT2D eigenvalue weighted by molar-refractivity contribution is -0.140. The number of carbonyl (C=O) groups excluding carboxylic acids is 4. The van der Waals surface area contributed by atoms with Gasteiger partial charge in [0.25, 0.3) is 0 Å². The number of primary amides is 1. The SMILES string of the molecule is CC1(C)C(=O)NC(=O)N(c2cccc(C(N)=O)c2)C1=O. The predicted molar refractivity (Wildman–Crippen MR) is 69.8 cm³/mol. The molecule has 5 amide bonds.